The topological polar surface area (TPSA) is 29.9 Å². The van der Waals surface area contributed by atoms with Gasteiger partial charge in [-0.05, 0) is 131 Å². The van der Waals surface area contributed by atoms with E-state index in [0.29, 0.717) is 11.5 Å². The summed E-state index contributed by atoms with van der Waals surface area (Å²) in [6, 6.07) is 87.5. The molecule has 11 aromatic rings. The van der Waals surface area contributed by atoms with Gasteiger partial charge in [-0.3, -0.25) is 0 Å². The Morgan fingerprint density at radius 1 is 0.262 bits per heavy atom. The summed E-state index contributed by atoms with van der Waals surface area (Å²) in [7, 11) is 0. The Kier molecular flexibility index (Phi) is 9.42. The fraction of sp³-hybridized carbons (Fsp3) is 0. The molecule has 0 spiro atoms. The Bertz CT molecular complexity index is 3400. The molecular weight excluding hydrogens is 795 g/mol. The monoisotopic (exact) mass is 835 g/mol. The lowest BCUT2D eigenvalue weighted by Gasteiger charge is -2.28. The molecule has 1 aliphatic heterocycles. The maximum Gasteiger partial charge on any atom is 0.172 e. The Balaban J connectivity index is 0.883. The van der Waals surface area contributed by atoms with Crippen LogP contribution in [0.5, 0.6) is 23.0 Å². The molecule has 0 aliphatic carbocycles. The van der Waals surface area contributed by atoms with Gasteiger partial charge in [-0.2, -0.15) is 0 Å². The fourth-order valence-corrected chi connectivity index (χ4v) is 9.11. The van der Waals surface area contributed by atoms with Crippen LogP contribution < -0.4 is 19.3 Å². The van der Waals surface area contributed by atoms with Crippen LogP contribution in [0.15, 0.2) is 249 Å². The number of para-hydroxylation sites is 5. The van der Waals surface area contributed by atoms with Gasteiger partial charge in [-0.1, -0.05) is 133 Å². The van der Waals surface area contributed by atoms with E-state index in [1.807, 2.05) is 24.3 Å². The number of ether oxygens (including phenoxy) is 2. The maximum absolute atomic E-state index is 6.36. The van der Waals surface area contributed by atoms with Crippen molar-refractivity contribution in [1.29, 1.82) is 0 Å². The Morgan fingerprint density at radius 3 is 1.14 bits per heavy atom. The average Bonchev–Trinajstić information content (AvgIpc) is 3.70. The molecule has 0 saturated heterocycles. The van der Waals surface area contributed by atoms with Gasteiger partial charge >= 0.3 is 0 Å². The number of nitrogens with zero attached hydrogens (tertiary/aromatic N) is 3. The van der Waals surface area contributed by atoms with E-state index in [-0.39, 0.29) is 0 Å². The molecule has 1 aliphatic rings. The van der Waals surface area contributed by atoms with Gasteiger partial charge in [0.15, 0.2) is 23.0 Å². The largest absolute Gasteiger partial charge is 0.449 e. The van der Waals surface area contributed by atoms with Crippen LogP contribution in [0.2, 0.25) is 0 Å². The van der Waals surface area contributed by atoms with Crippen molar-refractivity contribution in [3.63, 3.8) is 0 Å². The van der Waals surface area contributed by atoms with Crippen molar-refractivity contribution < 1.29 is 9.47 Å². The van der Waals surface area contributed by atoms with Crippen LogP contribution in [-0.4, -0.2) is 4.57 Å². The lowest BCUT2D eigenvalue weighted by atomic mass is 10.0. The SMILES string of the molecule is c1ccc(-c2ccc(N(c3ccc(-c4ccc(-n5c6ccccc6c6cc7c(cc65)Oc5ccccc5O7)cc4)cc3)c3ccc(N(c4ccccc4)c4ccccc4)cc3)cc2)cc1. The summed E-state index contributed by atoms with van der Waals surface area (Å²) < 4.78 is 15.0. The molecule has 1 aromatic heterocycles. The maximum atomic E-state index is 6.36. The molecule has 0 N–H and O–H groups in total. The zero-order valence-corrected chi connectivity index (χ0v) is 35.3. The molecule has 308 valence electrons. The minimum atomic E-state index is 0.704. The zero-order valence-electron chi connectivity index (χ0n) is 35.3. The van der Waals surface area contributed by atoms with Crippen LogP contribution in [0, 0.1) is 0 Å². The normalized spacial score (nSPS) is 11.6. The minimum absolute atomic E-state index is 0.704. The number of fused-ring (bicyclic) bond motifs is 5. The van der Waals surface area contributed by atoms with E-state index in [1.165, 1.54) is 11.1 Å². The van der Waals surface area contributed by atoms with Crippen molar-refractivity contribution in [3.8, 4) is 50.9 Å². The molecule has 5 nitrogen and oxygen atoms in total. The highest BCUT2D eigenvalue weighted by Crippen LogP contribution is 2.48. The second kappa shape index (κ2) is 16.2. The van der Waals surface area contributed by atoms with Crippen molar-refractivity contribution in [1.82, 2.24) is 4.57 Å². The van der Waals surface area contributed by atoms with Gasteiger partial charge < -0.3 is 23.8 Å². The Labute approximate surface area is 377 Å². The average molecular weight is 836 g/mol. The number of benzene rings is 10. The summed E-state index contributed by atoms with van der Waals surface area (Å²) in [5.74, 6) is 2.86. The van der Waals surface area contributed by atoms with Crippen LogP contribution in [-0.2, 0) is 0 Å². The molecule has 12 rings (SSSR count). The molecule has 2 heterocycles. The first kappa shape index (κ1) is 37.9. The van der Waals surface area contributed by atoms with Gasteiger partial charge in [0, 0.05) is 56.7 Å². The fourth-order valence-electron chi connectivity index (χ4n) is 9.11. The van der Waals surface area contributed by atoms with Crippen molar-refractivity contribution in [2.24, 2.45) is 0 Å². The molecule has 0 bridgehead atoms. The first-order chi connectivity index (χ1) is 32.2. The highest BCUT2D eigenvalue weighted by molar-refractivity contribution is 6.10. The summed E-state index contributed by atoms with van der Waals surface area (Å²) in [5.41, 5.74) is 14.4. The highest BCUT2D eigenvalue weighted by atomic mass is 16.6. The first-order valence-corrected chi connectivity index (χ1v) is 21.9. The van der Waals surface area contributed by atoms with Crippen LogP contribution in [0.4, 0.5) is 34.1 Å². The summed E-state index contributed by atoms with van der Waals surface area (Å²) in [4.78, 5) is 4.62. The van der Waals surface area contributed by atoms with Crippen molar-refractivity contribution in [2.75, 3.05) is 9.80 Å². The first-order valence-electron chi connectivity index (χ1n) is 21.9. The van der Waals surface area contributed by atoms with Crippen LogP contribution >= 0.6 is 0 Å². The van der Waals surface area contributed by atoms with Gasteiger partial charge in [0.05, 0.1) is 11.0 Å². The standard InChI is InChI=1S/C60H41N3O2/c1-4-14-42(15-5-1)43-24-30-48(31-25-43)62(51-38-36-50(37-39-51)61(46-16-6-2-7-17-46)47-18-8-3-9-19-47)49-32-26-44(27-33-49)45-28-34-52(35-29-45)63-55-21-11-10-20-53(55)54-40-59-60(41-56(54)63)65-58-23-13-12-22-57(58)64-59/h1-41H. The van der Waals surface area contributed by atoms with Gasteiger partial charge in [0.1, 0.15) is 0 Å². The number of hydrogen-bond acceptors (Lipinski definition) is 4. The lowest BCUT2D eigenvalue weighted by Crippen LogP contribution is -2.12. The number of rotatable bonds is 9. The smallest absolute Gasteiger partial charge is 0.172 e. The summed E-state index contributed by atoms with van der Waals surface area (Å²) in [6.07, 6.45) is 0. The van der Waals surface area contributed by atoms with E-state index in [2.05, 4.69) is 239 Å². The number of aromatic nitrogens is 1. The van der Waals surface area contributed by atoms with E-state index >= 15 is 0 Å². The van der Waals surface area contributed by atoms with Crippen molar-refractivity contribution >= 4 is 55.9 Å². The van der Waals surface area contributed by atoms with E-state index in [0.717, 1.165) is 84.2 Å². The van der Waals surface area contributed by atoms with Crippen molar-refractivity contribution in [2.45, 2.75) is 0 Å². The van der Waals surface area contributed by atoms with Gasteiger partial charge in [0.25, 0.3) is 0 Å². The van der Waals surface area contributed by atoms with Gasteiger partial charge in [-0.25, -0.2) is 0 Å². The Morgan fingerprint density at radius 2 is 0.631 bits per heavy atom. The second-order valence-corrected chi connectivity index (χ2v) is 16.2. The third-order valence-corrected chi connectivity index (χ3v) is 12.2. The Hall–Kier alpha value is -8.80. The molecule has 0 unspecified atom stereocenters. The van der Waals surface area contributed by atoms with Crippen LogP contribution in [0.3, 0.4) is 0 Å². The molecule has 0 amide bonds. The molecule has 65 heavy (non-hydrogen) atoms. The molecule has 0 saturated carbocycles. The van der Waals surface area contributed by atoms with Crippen molar-refractivity contribution in [3.05, 3.63) is 249 Å². The third kappa shape index (κ3) is 7.02. The third-order valence-electron chi connectivity index (χ3n) is 12.2. The van der Waals surface area contributed by atoms with Crippen LogP contribution in [0.25, 0.3) is 49.7 Å². The van der Waals surface area contributed by atoms with E-state index in [1.54, 1.807) is 0 Å². The lowest BCUT2D eigenvalue weighted by molar-refractivity contribution is 0.360. The summed E-state index contributed by atoms with van der Waals surface area (Å²) in [5, 5.41) is 2.27. The molecular formula is C60H41N3O2. The van der Waals surface area contributed by atoms with E-state index < -0.39 is 0 Å². The zero-order chi connectivity index (χ0) is 43.1. The summed E-state index contributed by atoms with van der Waals surface area (Å²) in [6.45, 7) is 0. The second-order valence-electron chi connectivity index (χ2n) is 16.2. The predicted molar refractivity (Wildman–Crippen MR) is 268 cm³/mol. The molecule has 0 atom stereocenters. The van der Waals surface area contributed by atoms with Gasteiger partial charge in [0.2, 0.25) is 0 Å². The molecule has 5 heteroatoms. The quantitative estimate of drug-likeness (QED) is 0.145. The predicted octanol–water partition coefficient (Wildman–Crippen LogP) is 17.0. The summed E-state index contributed by atoms with van der Waals surface area (Å²) >= 11 is 0. The van der Waals surface area contributed by atoms with Crippen LogP contribution in [0.1, 0.15) is 0 Å². The van der Waals surface area contributed by atoms with E-state index in [9.17, 15) is 0 Å². The molecule has 0 radical (unpaired) electrons. The highest BCUT2D eigenvalue weighted by Gasteiger charge is 2.23. The van der Waals surface area contributed by atoms with Gasteiger partial charge in [-0.15, -0.1) is 0 Å². The number of hydrogen-bond donors (Lipinski definition) is 0. The molecule has 10 aromatic carbocycles. The number of anilines is 6. The van der Waals surface area contributed by atoms with E-state index in [4.69, 9.17) is 9.47 Å². The molecule has 0 fully saturated rings. The minimum Gasteiger partial charge on any atom is -0.449 e.